The van der Waals surface area contributed by atoms with Crippen LogP contribution in [-0.4, -0.2) is 48.5 Å². The first kappa shape index (κ1) is 23.8. The molecular formula is C26H30ClN5O3. The third kappa shape index (κ3) is 5.18. The molecule has 8 nitrogen and oxygen atoms in total. The Morgan fingerprint density at radius 3 is 2.66 bits per heavy atom. The van der Waals surface area contributed by atoms with Crippen LogP contribution in [0.1, 0.15) is 62.7 Å². The maximum atomic E-state index is 12.5. The van der Waals surface area contributed by atoms with Crippen LogP contribution in [0.4, 0.5) is 0 Å². The quantitative estimate of drug-likeness (QED) is 0.558. The van der Waals surface area contributed by atoms with E-state index < -0.39 is 11.5 Å². The van der Waals surface area contributed by atoms with E-state index in [1.165, 1.54) is 13.8 Å². The molecule has 1 aromatic carbocycles. The van der Waals surface area contributed by atoms with Crippen molar-refractivity contribution in [2.45, 2.75) is 76.0 Å². The van der Waals surface area contributed by atoms with Crippen molar-refractivity contribution in [1.82, 2.24) is 25.1 Å². The van der Waals surface area contributed by atoms with Crippen LogP contribution >= 0.6 is 11.6 Å². The van der Waals surface area contributed by atoms with E-state index in [9.17, 15) is 9.90 Å². The SMILES string of the molecule is CC(C)(O)C(=O)N[C@H]1Cc2cc(Cl)ccc2-n2c(nnc2C2CCC(Oc3ccccn3)CC2)C1. The second kappa shape index (κ2) is 9.59. The molecule has 1 aliphatic carbocycles. The molecule has 1 saturated carbocycles. The van der Waals surface area contributed by atoms with Gasteiger partial charge < -0.3 is 15.2 Å². The summed E-state index contributed by atoms with van der Waals surface area (Å²) < 4.78 is 8.22. The Morgan fingerprint density at radius 1 is 1.14 bits per heavy atom. The van der Waals surface area contributed by atoms with Gasteiger partial charge in [-0.3, -0.25) is 9.36 Å². The lowest BCUT2D eigenvalue weighted by atomic mass is 9.86. The largest absolute Gasteiger partial charge is 0.474 e. The number of amides is 1. The lowest BCUT2D eigenvalue weighted by Crippen LogP contribution is -2.48. The molecule has 0 radical (unpaired) electrons. The fourth-order valence-corrected chi connectivity index (χ4v) is 5.17. The number of aromatic nitrogens is 4. The number of aliphatic hydroxyl groups is 1. The molecule has 2 aromatic heterocycles. The van der Waals surface area contributed by atoms with Crippen LogP contribution in [0.5, 0.6) is 5.88 Å². The minimum absolute atomic E-state index is 0.139. The summed E-state index contributed by atoms with van der Waals surface area (Å²) >= 11 is 6.34. The zero-order valence-corrected chi connectivity index (χ0v) is 20.7. The van der Waals surface area contributed by atoms with Gasteiger partial charge in [0.2, 0.25) is 5.88 Å². The maximum absolute atomic E-state index is 12.5. The number of benzene rings is 1. The Labute approximate surface area is 209 Å². The number of fused-ring (bicyclic) bond motifs is 3. The van der Waals surface area contributed by atoms with Crippen LogP contribution in [0.2, 0.25) is 5.02 Å². The van der Waals surface area contributed by atoms with Crippen molar-refractivity contribution in [3.8, 4) is 11.6 Å². The number of nitrogens with zero attached hydrogens (tertiary/aromatic N) is 4. The summed E-state index contributed by atoms with van der Waals surface area (Å²) in [6.07, 6.45) is 6.70. The van der Waals surface area contributed by atoms with Crippen LogP contribution in [-0.2, 0) is 17.6 Å². The second-order valence-corrected chi connectivity index (χ2v) is 10.4. The van der Waals surface area contributed by atoms with Crippen LogP contribution in [0, 0.1) is 0 Å². The van der Waals surface area contributed by atoms with E-state index in [2.05, 4.69) is 25.1 Å². The van der Waals surface area contributed by atoms with Crippen LogP contribution in [0.15, 0.2) is 42.6 Å². The molecule has 0 unspecified atom stereocenters. The molecule has 35 heavy (non-hydrogen) atoms. The highest BCUT2D eigenvalue weighted by Crippen LogP contribution is 2.37. The van der Waals surface area contributed by atoms with Gasteiger partial charge in [0.15, 0.2) is 0 Å². The summed E-state index contributed by atoms with van der Waals surface area (Å²) in [7, 11) is 0. The third-order valence-corrected chi connectivity index (χ3v) is 7.02. The number of carbonyl (C=O) groups excluding carboxylic acids is 1. The molecule has 1 aliphatic heterocycles. The molecule has 3 heterocycles. The van der Waals surface area contributed by atoms with Crippen molar-refractivity contribution in [3.05, 3.63) is 64.8 Å². The lowest BCUT2D eigenvalue weighted by Gasteiger charge is -2.28. The van der Waals surface area contributed by atoms with E-state index in [4.69, 9.17) is 16.3 Å². The molecule has 184 valence electrons. The number of halogens is 1. The molecule has 1 fully saturated rings. The average molecular weight is 496 g/mol. The summed E-state index contributed by atoms with van der Waals surface area (Å²) in [6, 6.07) is 11.3. The summed E-state index contributed by atoms with van der Waals surface area (Å²) in [4.78, 5) is 16.8. The Balaban J connectivity index is 1.39. The molecule has 1 amide bonds. The Morgan fingerprint density at radius 2 is 1.94 bits per heavy atom. The molecule has 5 rings (SSSR count). The molecule has 1 atom stereocenters. The minimum Gasteiger partial charge on any atom is -0.474 e. The smallest absolute Gasteiger partial charge is 0.251 e. The standard InChI is InChI=1S/C26H30ClN5O3/c1-26(2,34)25(33)29-19-14-17-13-18(27)8-11-21(17)32-22(15-19)30-31-24(32)16-6-9-20(10-7-16)35-23-5-3-4-12-28-23/h3-5,8,11-13,16,19-20,34H,6-7,9-10,14-15H2,1-2H3,(H,29,33)/t16?,19-,20?/m0/s1. The summed E-state index contributed by atoms with van der Waals surface area (Å²) in [5.41, 5.74) is 0.555. The van der Waals surface area contributed by atoms with E-state index in [1.807, 2.05) is 36.4 Å². The van der Waals surface area contributed by atoms with E-state index in [0.717, 1.165) is 48.6 Å². The molecule has 3 aromatic rings. The van der Waals surface area contributed by atoms with Crippen molar-refractivity contribution >= 4 is 17.5 Å². The highest BCUT2D eigenvalue weighted by Gasteiger charge is 2.33. The topological polar surface area (TPSA) is 102 Å². The lowest BCUT2D eigenvalue weighted by molar-refractivity contribution is -0.137. The van der Waals surface area contributed by atoms with E-state index in [1.54, 1.807) is 6.20 Å². The highest BCUT2D eigenvalue weighted by atomic mass is 35.5. The van der Waals surface area contributed by atoms with Gasteiger partial charge in [0.25, 0.3) is 5.91 Å². The molecule has 9 heteroatoms. The van der Waals surface area contributed by atoms with Crippen LogP contribution in [0.25, 0.3) is 5.69 Å². The molecule has 0 spiro atoms. The van der Waals surface area contributed by atoms with Gasteiger partial charge in [-0.05, 0) is 75.8 Å². The van der Waals surface area contributed by atoms with Crippen LogP contribution in [0.3, 0.4) is 0 Å². The number of nitrogens with one attached hydrogen (secondary N) is 1. The predicted molar refractivity (Wildman–Crippen MR) is 132 cm³/mol. The van der Waals surface area contributed by atoms with Gasteiger partial charge in [0, 0.05) is 35.7 Å². The minimum atomic E-state index is -1.46. The fraction of sp³-hybridized carbons (Fsp3) is 0.462. The van der Waals surface area contributed by atoms with Gasteiger partial charge in [-0.1, -0.05) is 17.7 Å². The summed E-state index contributed by atoms with van der Waals surface area (Å²) in [6.45, 7) is 2.97. The first-order valence-electron chi connectivity index (χ1n) is 12.1. The number of rotatable bonds is 5. The number of ether oxygens (including phenoxy) is 1. The predicted octanol–water partition coefficient (Wildman–Crippen LogP) is 3.78. The van der Waals surface area contributed by atoms with E-state index in [0.29, 0.717) is 23.7 Å². The number of carbonyl (C=O) groups is 1. The van der Waals surface area contributed by atoms with Crippen molar-refractivity contribution in [2.75, 3.05) is 0 Å². The molecule has 2 N–H and O–H groups in total. The molecular weight excluding hydrogens is 466 g/mol. The Hall–Kier alpha value is -2.97. The maximum Gasteiger partial charge on any atom is 0.251 e. The zero-order valence-electron chi connectivity index (χ0n) is 19.9. The zero-order chi connectivity index (χ0) is 24.6. The number of hydrogen-bond acceptors (Lipinski definition) is 6. The first-order chi connectivity index (χ1) is 16.8. The van der Waals surface area contributed by atoms with Crippen molar-refractivity contribution in [2.24, 2.45) is 0 Å². The monoisotopic (exact) mass is 495 g/mol. The fourth-order valence-electron chi connectivity index (χ4n) is 4.97. The van der Waals surface area contributed by atoms with Crippen molar-refractivity contribution in [3.63, 3.8) is 0 Å². The van der Waals surface area contributed by atoms with Gasteiger partial charge in [-0.25, -0.2) is 4.98 Å². The van der Waals surface area contributed by atoms with Gasteiger partial charge >= 0.3 is 0 Å². The molecule has 2 aliphatic rings. The van der Waals surface area contributed by atoms with E-state index in [-0.39, 0.29) is 18.1 Å². The Bertz CT molecular complexity index is 1200. The molecule has 0 bridgehead atoms. The molecule has 0 saturated heterocycles. The Kier molecular flexibility index (Phi) is 6.51. The van der Waals surface area contributed by atoms with Gasteiger partial charge in [-0.15, -0.1) is 10.2 Å². The van der Waals surface area contributed by atoms with Gasteiger partial charge in [0.1, 0.15) is 23.4 Å². The van der Waals surface area contributed by atoms with Gasteiger partial charge in [0.05, 0.1) is 5.69 Å². The second-order valence-electron chi connectivity index (χ2n) is 9.98. The third-order valence-electron chi connectivity index (χ3n) is 6.79. The normalized spacial score (nSPS) is 22.0. The first-order valence-corrected chi connectivity index (χ1v) is 12.5. The average Bonchev–Trinajstić information content (AvgIpc) is 3.16. The summed E-state index contributed by atoms with van der Waals surface area (Å²) in [5.74, 6) is 2.25. The number of pyridine rings is 1. The highest BCUT2D eigenvalue weighted by molar-refractivity contribution is 6.30. The van der Waals surface area contributed by atoms with Crippen molar-refractivity contribution < 1.29 is 14.6 Å². The summed E-state index contributed by atoms with van der Waals surface area (Å²) in [5, 5.41) is 22.9. The van der Waals surface area contributed by atoms with E-state index >= 15 is 0 Å². The number of hydrogen-bond donors (Lipinski definition) is 2. The van der Waals surface area contributed by atoms with Gasteiger partial charge in [-0.2, -0.15) is 0 Å². The van der Waals surface area contributed by atoms with Crippen LogP contribution < -0.4 is 10.1 Å². The van der Waals surface area contributed by atoms with Crippen molar-refractivity contribution in [1.29, 1.82) is 0 Å².